The van der Waals surface area contributed by atoms with Gasteiger partial charge in [0.2, 0.25) is 5.89 Å². The lowest BCUT2D eigenvalue weighted by atomic mass is 10.0. The minimum Gasteiger partial charge on any atom is -0.337 e. The third kappa shape index (κ3) is 3.22. The largest absolute Gasteiger partial charge is 0.337 e. The Balaban J connectivity index is 1.44. The molecule has 1 unspecified atom stereocenters. The minimum atomic E-state index is -0.330. The summed E-state index contributed by atoms with van der Waals surface area (Å²) in [5.74, 6) is 0.445. The van der Waals surface area contributed by atoms with E-state index in [9.17, 15) is 9.59 Å². The molecule has 7 nitrogen and oxygen atoms in total. The summed E-state index contributed by atoms with van der Waals surface area (Å²) in [5.41, 5.74) is 0.947. The van der Waals surface area contributed by atoms with Crippen molar-refractivity contribution in [2.75, 3.05) is 6.54 Å². The van der Waals surface area contributed by atoms with Gasteiger partial charge in [0.15, 0.2) is 5.82 Å². The van der Waals surface area contributed by atoms with Crippen molar-refractivity contribution in [2.24, 2.45) is 0 Å². The molecule has 134 valence electrons. The van der Waals surface area contributed by atoms with Crippen LogP contribution in [0.2, 0.25) is 5.02 Å². The first kappa shape index (κ1) is 16.8. The van der Waals surface area contributed by atoms with Crippen molar-refractivity contribution in [1.82, 2.24) is 19.9 Å². The van der Waals surface area contributed by atoms with E-state index in [1.807, 2.05) is 18.2 Å². The molecule has 2 saturated heterocycles. The molecular weight excluding hydrogens is 356 g/mol. The standard InChI is InChI=1S/C18H17ClN4O3/c19-13-7-4-12(5-8-13)6-9-15-20-16(26-21-15)11-23-17(24)14-3-1-2-10-22(14)18(23)25/h4-9,14H,1-3,10-11H2/b9-6+. The van der Waals surface area contributed by atoms with Crippen molar-refractivity contribution in [3.8, 4) is 0 Å². The van der Waals surface area contributed by atoms with Crippen LogP contribution in [0, 0.1) is 0 Å². The zero-order chi connectivity index (χ0) is 18.1. The molecule has 2 aromatic rings. The maximum Gasteiger partial charge on any atom is 0.327 e. The van der Waals surface area contributed by atoms with Crippen molar-refractivity contribution in [1.29, 1.82) is 0 Å². The van der Waals surface area contributed by atoms with Gasteiger partial charge in [-0.05, 0) is 43.0 Å². The number of carbonyl (C=O) groups excluding carboxylic acids is 2. The number of carbonyl (C=O) groups is 2. The number of halogens is 1. The fourth-order valence-electron chi connectivity index (χ4n) is 3.27. The average molecular weight is 373 g/mol. The van der Waals surface area contributed by atoms with Gasteiger partial charge < -0.3 is 9.42 Å². The summed E-state index contributed by atoms with van der Waals surface area (Å²) >= 11 is 5.86. The van der Waals surface area contributed by atoms with Crippen LogP contribution in [-0.2, 0) is 11.3 Å². The molecule has 2 aliphatic heterocycles. The zero-order valence-corrected chi connectivity index (χ0v) is 14.7. The Labute approximate surface area is 155 Å². The molecule has 0 bridgehead atoms. The molecular formula is C18H17ClN4O3. The van der Waals surface area contributed by atoms with Crippen LogP contribution in [0.5, 0.6) is 0 Å². The molecule has 0 saturated carbocycles. The number of piperidine rings is 1. The Bertz CT molecular complexity index is 838. The molecule has 1 aromatic carbocycles. The molecule has 4 rings (SSSR count). The van der Waals surface area contributed by atoms with E-state index in [1.165, 1.54) is 4.90 Å². The summed E-state index contributed by atoms with van der Waals surface area (Å²) < 4.78 is 5.19. The number of rotatable bonds is 4. The highest BCUT2D eigenvalue weighted by atomic mass is 35.5. The highest BCUT2D eigenvalue weighted by molar-refractivity contribution is 6.30. The number of imide groups is 1. The van der Waals surface area contributed by atoms with Gasteiger partial charge in [0.25, 0.3) is 5.91 Å². The van der Waals surface area contributed by atoms with Crippen molar-refractivity contribution in [2.45, 2.75) is 31.8 Å². The summed E-state index contributed by atoms with van der Waals surface area (Å²) in [7, 11) is 0. The first-order chi connectivity index (χ1) is 12.6. The molecule has 2 aliphatic rings. The predicted molar refractivity (Wildman–Crippen MR) is 95.0 cm³/mol. The van der Waals surface area contributed by atoms with Gasteiger partial charge in [0.1, 0.15) is 12.6 Å². The van der Waals surface area contributed by atoms with E-state index in [0.717, 1.165) is 24.8 Å². The van der Waals surface area contributed by atoms with Crippen LogP contribution in [0.4, 0.5) is 4.79 Å². The molecule has 8 heteroatoms. The number of aromatic nitrogens is 2. The molecule has 0 spiro atoms. The van der Waals surface area contributed by atoms with Gasteiger partial charge in [-0.25, -0.2) is 4.79 Å². The number of urea groups is 1. The predicted octanol–water partition coefficient (Wildman–Crippen LogP) is 3.21. The number of hydrogen-bond donors (Lipinski definition) is 0. The van der Waals surface area contributed by atoms with Crippen LogP contribution in [0.1, 0.15) is 36.5 Å². The molecule has 2 fully saturated rings. The lowest BCUT2D eigenvalue weighted by Gasteiger charge is -2.25. The minimum absolute atomic E-state index is 0.00640. The molecule has 0 radical (unpaired) electrons. The SMILES string of the molecule is O=C1C2CCCCN2C(=O)N1Cc1nc(/C=C/c2ccc(Cl)cc2)no1. The molecule has 26 heavy (non-hydrogen) atoms. The van der Waals surface area contributed by atoms with Gasteiger partial charge in [-0.2, -0.15) is 4.98 Å². The van der Waals surface area contributed by atoms with Crippen molar-refractivity contribution < 1.29 is 14.1 Å². The molecule has 3 amide bonds. The van der Waals surface area contributed by atoms with E-state index >= 15 is 0 Å². The van der Waals surface area contributed by atoms with Gasteiger partial charge in [0, 0.05) is 11.6 Å². The zero-order valence-electron chi connectivity index (χ0n) is 14.0. The van der Waals surface area contributed by atoms with Gasteiger partial charge in [0.05, 0.1) is 0 Å². The topological polar surface area (TPSA) is 79.5 Å². The molecule has 0 aliphatic carbocycles. The van der Waals surface area contributed by atoms with Crippen LogP contribution < -0.4 is 0 Å². The number of fused-ring (bicyclic) bond motifs is 1. The highest BCUT2D eigenvalue weighted by Crippen LogP contribution is 2.27. The Hall–Kier alpha value is -2.67. The van der Waals surface area contributed by atoms with E-state index in [1.54, 1.807) is 23.1 Å². The smallest absolute Gasteiger partial charge is 0.327 e. The molecule has 0 N–H and O–H groups in total. The van der Waals surface area contributed by atoms with Crippen molar-refractivity contribution >= 4 is 35.7 Å². The Kier molecular flexibility index (Phi) is 4.46. The monoisotopic (exact) mass is 372 g/mol. The van der Waals surface area contributed by atoms with Crippen LogP contribution in [0.15, 0.2) is 28.8 Å². The Morgan fingerprint density at radius 3 is 2.77 bits per heavy atom. The second kappa shape index (κ2) is 6.92. The van der Waals surface area contributed by atoms with E-state index in [4.69, 9.17) is 16.1 Å². The summed E-state index contributed by atoms with van der Waals surface area (Å²) in [5, 5.41) is 4.54. The summed E-state index contributed by atoms with van der Waals surface area (Å²) in [6.07, 6.45) is 6.16. The molecule has 3 heterocycles. The highest BCUT2D eigenvalue weighted by Gasteiger charge is 2.46. The Morgan fingerprint density at radius 1 is 1.19 bits per heavy atom. The van der Waals surface area contributed by atoms with Crippen LogP contribution in [0.25, 0.3) is 12.2 Å². The number of hydrogen-bond acceptors (Lipinski definition) is 5. The van der Waals surface area contributed by atoms with E-state index < -0.39 is 0 Å². The normalized spacial score (nSPS) is 20.3. The van der Waals surface area contributed by atoms with Crippen LogP contribution >= 0.6 is 11.6 Å². The lowest BCUT2D eigenvalue weighted by molar-refractivity contribution is -0.129. The second-order valence-corrected chi connectivity index (χ2v) is 6.78. The van der Waals surface area contributed by atoms with Gasteiger partial charge in [-0.15, -0.1) is 0 Å². The number of amides is 3. The quantitative estimate of drug-likeness (QED) is 0.770. The Morgan fingerprint density at radius 2 is 2.00 bits per heavy atom. The number of benzene rings is 1. The maximum absolute atomic E-state index is 12.4. The van der Waals surface area contributed by atoms with Crippen molar-refractivity contribution in [3.05, 3.63) is 46.6 Å². The summed E-state index contributed by atoms with van der Waals surface area (Å²) in [6.45, 7) is 0.636. The molecule has 1 aromatic heterocycles. The number of nitrogens with zero attached hydrogens (tertiary/aromatic N) is 4. The fourth-order valence-corrected chi connectivity index (χ4v) is 3.40. The van der Waals surface area contributed by atoms with E-state index in [0.29, 0.717) is 17.4 Å². The van der Waals surface area contributed by atoms with E-state index in [2.05, 4.69) is 10.1 Å². The molecule has 1 atom stereocenters. The third-order valence-electron chi connectivity index (χ3n) is 4.60. The fraction of sp³-hybridized carbons (Fsp3) is 0.333. The third-order valence-corrected chi connectivity index (χ3v) is 4.85. The maximum atomic E-state index is 12.4. The summed E-state index contributed by atoms with van der Waals surface area (Å²) in [6, 6.07) is 6.74. The summed E-state index contributed by atoms with van der Waals surface area (Å²) in [4.78, 5) is 31.9. The van der Waals surface area contributed by atoms with Gasteiger partial charge in [-0.3, -0.25) is 9.69 Å². The first-order valence-electron chi connectivity index (χ1n) is 8.50. The second-order valence-electron chi connectivity index (χ2n) is 6.34. The first-order valence-corrected chi connectivity index (χ1v) is 8.88. The van der Waals surface area contributed by atoms with Gasteiger partial charge >= 0.3 is 6.03 Å². The lowest BCUT2D eigenvalue weighted by Crippen LogP contribution is -2.38. The van der Waals surface area contributed by atoms with E-state index in [-0.39, 0.29) is 30.4 Å². The average Bonchev–Trinajstić information content (AvgIpc) is 3.20. The van der Waals surface area contributed by atoms with Crippen LogP contribution in [0.3, 0.4) is 0 Å². The van der Waals surface area contributed by atoms with Crippen molar-refractivity contribution in [3.63, 3.8) is 0 Å². The van der Waals surface area contributed by atoms with Crippen LogP contribution in [-0.4, -0.2) is 44.5 Å². The van der Waals surface area contributed by atoms with Gasteiger partial charge in [-0.1, -0.05) is 35.0 Å².